The molecule has 1 heterocycles. The van der Waals surface area contributed by atoms with Gasteiger partial charge in [-0.25, -0.2) is 4.63 Å². The van der Waals surface area contributed by atoms with Crippen molar-refractivity contribution in [2.75, 3.05) is 18.5 Å². The van der Waals surface area contributed by atoms with Gasteiger partial charge in [0.2, 0.25) is 11.4 Å². The Hall–Kier alpha value is -3.05. The van der Waals surface area contributed by atoms with E-state index >= 15 is 0 Å². The van der Waals surface area contributed by atoms with Crippen LogP contribution in [0.3, 0.4) is 0 Å². The first-order valence-electron chi connectivity index (χ1n) is 21.4. The predicted molar refractivity (Wildman–Crippen MR) is 216 cm³/mol. The van der Waals surface area contributed by atoms with Gasteiger partial charge in [0.25, 0.3) is 0 Å². The molecule has 0 fully saturated rings. The predicted octanol–water partition coefficient (Wildman–Crippen LogP) is 10.9. The van der Waals surface area contributed by atoms with Crippen molar-refractivity contribution < 1.29 is 24.6 Å². The van der Waals surface area contributed by atoms with Crippen molar-refractivity contribution in [1.29, 1.82) is 0 Å². The Morgan fingerprint density at radius 3 is 1.77 bits per heavy atom. The van der Waals surface area contributed by atoms with Crippen molar-refractivity contribution in [2.24, 2.45) is 0 Å². The number of nitrogens with zero attached hydrogens (tertiary/aromatic N) is 3. The lowest BCUT2D eigenvalue weighted by Crippen LogP contribution is -2.45. The zero-order valence-electron chi connectivity index (χ0n) is 33.0. The van der Waals surface area contributed by atoms with Crippen LogP contribution in [0.5, 0.6) is 0 Å². The van der Waals surface area contributed by atoms with E-state index in [0.717, 1.165) is 45.1 Å². The lowest BCUT2D eigenvalue weighted by atomic mass is 10.0. The fourth-order valence-corrected chi connectivity index (χ4v) is 6.89. The summed E-state index contributed by atoms with van der Waals surface area (Å²) in [5.41, 5.74) is 1.16. The number of fused-ring (bicyclic) bond motifs is 1. The molecule has 0 saturated carbocycles. The van der Waals surface area contributed by atoms with Gasteiger partial charge in [0.15, 0.2) is 5.52 Å². The van der Waals surface area contributed by atoms with Gasteiger partial charge >= 0.3 is 5.69 Å². The first-order valence-corrected chi connectivity index (χ1v) is 21.4. The van der Waals surface area contributed by atoms with Crippen LogP contribution in [0.2, 0.25) is 0 Å². The number of nitro benzene ring substituents is 1. The number of amides is 1. The van der Waals surface area contributed by atoms with Gasteiger partial charge < -0.3 is 20.8 Å². The van der Waals surface area contributed by atoms with Gasteiger partial charge in [-0.15, -0.1) is 0 Å². The number of carbonyl (C=O) groups excluding carboxylic acids is 1. The lowest BCUT2D eigenvalue weighted by molar-refractivity contribution is -0.383. The molecule has 0 spiro atoms. The number of aliphatic hydroxyl groups excluding tert-OH is 2. The van der Waals surface area contributed by atoms with Gasteiger partial charge in [-0.1, -0.05) is 167 Å². The molecule has 1 aromatic heterocycles. The molecule has 53 heavy (non-hydrogen) atoms. The Morgan fingerprint density at radius 2 is 1.25 bits per heavy atom. The van der Waals surface area contributed by atoms with Crippen LogP contribution in [-0.2, 0) is 4.79 Å². The standard InChI is InChI=1S/C42H73N5O6/c1-2-3-4-5-6-7-8-9-10-13-16-19-22-25-28-31-40(50)44-37(35-48)39(49)30-27-24-21-18-15-12-11-14-17-20-23-26-29-34-43-36-32-33-38(47(51)52)42-41(36)45-53-46-42/h27,30,32-33,37,39,43,48-49H,2-26,28-29,31,34-35H2,1H3,(H,44,50). The second-order valence-corrected chi connectivity index (χ2v) is 14.9. The Bertz CT molecular complexity index is 1240. The molecule has 2 rings (SSSR count). The average Bonchev–Trinajstić information content (AvgIpc) is 3.65. The number of anilines is 1. The summed E-state index contributed by atoms with van der Waals surface area (Å²) in [6.45, 7) is 2.76. The molecule has 0 aliphatic carbocycles. The van der Waals surface area contributed by atoms with Crippen molar-refractivity contribution >= 4 is 28.3 Å². The Labute approximate surface area is 319 Å². The summed E-state index contributed by atoms with van der Waals surface area (Å²) in [4.78, 5) is 23.0. The van der Waals surface area contributed by atoms with Crippen LogP contribution >= 0.6 is 0 Å². The molecule has 0 radical (unpaired) electrons. The molecule has 0 aliphatic rings. The van der Waals surface area contributed by atoms with Crippen LogP contribution in [0, 0.1) is 10.1 Å². The molecule has 2 aromatic rings. The molecule has 2 atom stereocenters. The smallest absolute Gasteiger partial charge is 0.300 e. The number of unbranched alkanes of at least 4 members (excludes halogenated alkanes) is 25. The normalized spacial score (nSPS) is 12.8. The van der Waals surface area contributed by atoms with E-state index in [1.54, 1.807) is 12.1 Å². The highest BCUT2D eigenvalue weighted by Gasteiger charge is 2.20. The number of non-ortho nitro benzene ring substituents is 1. The second-order valence-electron chi connectivity index (χ2n) is 14.9. The molecule has 11 heteroatoms. The van der Waals surface area contributed by atoms with E-state index in [2.05, 4.69) is 27.9 Å². The molecule has 1 aromatic carbocycles. The maximum atomic E-state index is 12.4. The second kappa shape index (κ2) is 31.3. The highest BCUT2D eigenvalue weighted by molar-refractivity contribution is 5.93. The molecule has 0 aliphatic heterocycles. The van der Waals surface area contributed by atoms with Gasteiger partial charge in [0.05, 0.1) is 29.4 Å². The summed E-state index contributed by atoms with van der Waals surface area (Å²) in [6.07, 6.45) is 36.6. The topological polar surface area (TPSA) is 164 Å². The first-order chi connectivity index (χ1) is 26.0. The van der Waals surface area contributed by atoms with Crippen molar-refractivity contribution in [1.82, 2.24) is 15.6 Å². The average molecular weight is 744 g/mol. The van der Waals surface area contributed by atoms with Crippen LogP contribution in [-0.4, -0.2) is 56.7 Å². The largest absolute Gasteiger partial charge is 0.394 e. The van der Waals surface area contributed by atoms with Gasteiger partial charge in [-0.3, -0.25) is 14.9 Å². The summed E-state index contributed by atoms with van der Waals surface area (Å²) < 4.78 is 4.71. The van der Waals surface area contributed by atoms with E-state index in [1.807, 2.05) is 6.08 Å². The SMILES string of the molecule is CCCCCCCCCCCCCCCCCC(=O)NC(CO)C(O)C=CCCCCCCCCCCCCCNc1ccc([N+](=O)[O-])c2nonc12. The molecule has 0 saturated heterocycles. The van der Waals surface area contributed by atoms with Gasteiger partial charge in [0, 0.05) is 19.0 Å². The maximum absolute atomic E-state index is 12.4. The third-order valence-corrected chi connectivity index (χ3v) is 10.2. The van der Waals surface area contributed by atoms with Crippen LogP contribution < -0.4 is 10.6 Å². The van der Waals surface area contributed by atoms with Crippen LogP contribution in [0.4, 0.5) is 11.4 Å². The van der Waals surface area contributed by atoms with Crippen LogP contribution in [0.25, 0.3) is 11.0 Å². The quantitative estimate of drug-likeness (QED) is 0.0230. The van der Waals surface area contributed by atoms with E-state index < -0.39 is 17.1 Å². The highest BCUT2D eigenvalue weighted by atomic mass is 16.6. The highest BCUT2D eigenvalue weighted by Crippen LogP contribution is 2.28. The van der Waals surface area contributed by atoms with Crippen molar-refractivity contribution in [3.05, 3.63) is 34.4 Å². The molecular weight excluding hydrogens is 670 g/mol. The summed E-state index contributed by atoms with van der Waals surface area (Å²) >= 11 is 0. The third kappa shape index (κ3) is 22.1. The zero-order valence-corrected chi connectivity index (χ0v) is 33.0. The van der Waals surface area contributed by atoms with Crippen molar-refractivity contribution in [3.8, 4) is 0 Å². The van der Waals surface area contributed by atoms with Gasteiger partial charge in [-0.05, 0) is 42.1 Å². The number of aromatic nitrogens is 2. The van der Waals surface area contributed by atoms with E-state index in [4.69, 9.17) is 4.63 Å². The summed E-state index contributed by atoms with van der Waals surface area (Å²) in [7, 11) is 0. The number of allylic oxidation sites excluding steroid dienone is 1. The number of nitro groups is 1. The van der Waals surface area contributed by atoms with E-state index in [0.29, 0.717) is 17.6 Å². The maximum Gasteiger partial charge on any atom is 0.300 e. The fourth-order valence-electron chi connectivity index (χ4n) is 6.89. The number of benzene rings is 1. The zero-order chi connectivity index (χ0) is 38.2. The number of hydrogen-bond donors (Lipinski definition) is 4. The number of carbonyl (C=O) groups is 1. The fraction of sp³-hybridized carbons (Fsp3) is 0.786. The molecule has 302 valence electrons. The summed E-state index contributed by atoms with van der Waals surface area (Å²) in [5.74, 6) is -0.0897. The minimum atomic E-state index is -0.876. The molecular formula is C42H73N5O6. The molecule has 11 nitrogen and oxygen atoms in total. The van der Waals surface area contributed by atoms with E-state index in [9.17, 15) is 25.1 Å². The first kappa shape index (κ1) is 46.1. The van der Waals surface area contributed by atoms with Crippen LogP contribution in [0.1, 0.15) is 187 Å². The number of rotatable bonds is 36. The lowest BCUT2D eigenvalue weighted by Gasteiger charge is -2.20. The van der Waals surface area contributed by atoms with Crippen molar-refractivity contribution in [3.63, 3.8) is 0 Å². The third-order valence-electron chi connectivity index (χ3n) is 10.2. The Balaban J connectivity index is 1.35. The molecule has 0 bridgehead atoms. The summed E-state index contributed by atoms with van der Waals surface area (Å²) in [5, 5.41) is 44.9. The minimum absolute atomic E-state index is 0.0897. The monoisotopic (exact) mass is 744 g/mol. The number of aliphatic hydroxyl groups is 2. The number of hydrogen-bond acceptors (Lipinski definition) is 9. The number of nitrogens with one attached hydrogen (secondary N) is 2. The van der Waals surface area contributed by atoms with Crippen molar-refractivity contribution in [2.45, 2.75) is 199 Å². The van der Waals surface area contributed by atoms with Gasteiger partial charge in [0.1, 0.15) is 0 Å². The van der Waals surface area contributed by atoms with Crippen LogP contribution in [0.15, 0.2) is 28.9 Å². The van der Waals surface area contributed by atoms with E-state index in [1.165, 1.54) is 141 Å². The molecule has 4 N–H and O–H groups in total. The minimum Gasteiger partial charge on any atom is -0.394 e. The van der Waals surface area contributed by atoms with Gasteiger partial charge in [-0.2, -0.15) is 0 Å². The van der Waals surface area contributed by atoms with E-state index in [-0.39, 0.29) is 23.7 Å². The summed E-state index contributed by atoms with van der Waals surface area (Å²) in [6, 6.07) is 2.43. The Kier molecular flexibility index (Phi) is 27.2. The Morgan fingerprint density at radius 1 is 0.755 bits per heavy atom. The molecule has 1 amide bonds. The molecule has 2 unspecified atom stereocenters.